The number of amides is 2. The third-order valence-electron chi connectivity index (χ3n) is 4.56. The number of carbonyl (C=O) groups is 2. The molecule has 2 amide bonds. The second-order valence-electron chi connectivity index (χ2n) is 6.14. The Morgan fingerprint density at radius 3 is 2.73 bits per heavy atom. The van der Waals surface area contributed by atoms with Crippen molar-refractivity contribution >= 4 is 12.0 Å². The fourth-order valence-electron chi connectivity index (χ4n) is 3.23. The molecule has 0 spiro atoms. The van der Waals surface area contributed by atoms with Gasteiger partial charge in [0.05, 0.1) is 20.3 Å². The molecule has 0 aliphatic heterocycles. The van der Waals surface area contributed by atoms with Crippen LogP contribution in [-0.2, 0) is 17.7 Å². The fraction of sp³-hybridized carbons (Fsp3) is 0.300. The fourth-order valence-corrected chi connectivity index (χ4v) is 3.23. The Balaban J connectivity index is 1.61. The van der Waals surface area contributed by atoms with Crippen molar-refractivity contribution in [3.05, 3.63) is 64.7 Å². The average Bonchev–Trinajstić information content (AvgIpc) is 3.08. The number of urea groups is 1. The highest BCUT2D eigenvalue weighted by molar-refractivity contribution is 5.92. The summed E-state index contributed by atoms with van der Waals surface area (Å²) in [6.07, 6.45) is 1.88. The summed E-state index contributed by atoms with van der Waals surface area (Å²) in [5.74, 6) is -0.0386. The maximum absolute atomic E-state index is 12.2. The molecule has 136 valence electrons. The number of fused-ring (bicyclic) bond motifs is 1. The van der Waals surface area contributed by atoms with Crippen LogP contribution in [-0.4, -0.2) is 26.2 Å². The van der Waals surface area contributed by atoms with E-state index in [4.69, 9.17) is 9.47 Å². The third-order valence-corrected chi connectivity index (χ3v) is 4.56. The Labute approximate surface area is 152 Å². The van der Waals surface area contributed by atoms with Gasteiger partial charge in [0.15, 0.2) is 0 Å². The van der Waals surface area contributed by atoms with Gasteiger partial charge in [-0.25, -0.2) is 9.59 Å². The molecule has 0 aromatic heterocycles. The molecular formula is C20H22N2O4. The standard InChI is InChI=1S/C20H22N2O4/c1-25-18-10-7-13(11-16(18)19(23)26-2)12-21-20(24)22-17-9-8-14-5-3-4-6-15(14)17/h3-7,10-11,17H,8-9,12H2,1-2H3,(H2,21,22,24). The predicted molar refractivity (Wildman–Crippen MR) is 97.2 cm³/mol. The van der Waals surface area contributed by atoms with Gasteiger partial charge in [0, 0.05) is 6.54 Å². The first-order valence-corrected chi connectivity index (χ1v) is 8.49. The zero-order valence-electron chi connectivity index (χ0n) is 14.9. The molecule has 0 bridgehead atoms. The molecule has 0 saturated carbocycles. The van der Waals surface area contributed by atoms with E-state index in [1.54, 1.807) is 18.2 Å². The molecule has 6 nitrogen and oxygen atoms in total. The molecule has 0 fully saturated rings. The van der Waals surface area contributed by atoms with Crippen LogP contribution in [0.1, 0.15) is 39.5 Å². The van der Waals surface area contributed by atoms with Crippen molar-refractivity contribution in [1.82, 2.24) is 10.6 Å². The highest BCUT2D eigenvalue weighted by atomic mass is 16.5. The number of esters is 1. The van der Waals surface area contributed by atoms with Gasteiger partial charge in [-0.2, -0.15) is 0 Å². The number of hydrogen-bond acceptors (Lipinski definition) is 4. The molecular weight excluding hydrogens is 332 g/mol. The zero-order valence-corrected chi connectivity index (χ0v) is 14.9. The lowest BCUT2D eigenvalue weighted by atomic mass is 10.1. The SMILES string of the molecule is COC(=O)c1cc(CNC(=O)NC2CCc3ccccc32)ccc1OC. The molecule has 2 aromatic carbocycles. The Bertz CT molecular complexity index is 819. The topological polar surface area (TPSA) is 76.7 Å². The monoisotopic (exact) mass is 354 g/mol. The number of ether oxygens (including phenoxy) is 2. The van der Waals surface area contributed by atoms with Crippen molar-refractivity contribution in [2.24, 2.45) is 0 Å². The van der Waals surface area contributed by atoms with Crippen molar-refractivity contribution in [1.29, 1.82) is 0 Å². The van der Waals surface area contributed by atoms with Gasteiger partial charge < -0.3 is 20.1 Å². The summed E-state index contributed by atoms with van der Waals surface area (Å²) in [7, 11) is 2.81. The minimum Gasteiger partial charge on any atom is -0.496 e. The molecule has 2 N–H and O–H groups in total. The average molecular weight is 354 g/mol. The number of rotatable bonds is 5. The molecule has 1 unspecified atom stereocenters. The summed E-state index contributed by atoms with van der Waals surface area (Å²) < 4.78 is 9.93. The van der Waals surface area contributed by atoms with E-state index < -0.39 is 5.97 Å². The molecule has 2 aromatic rings. The van der Waals surface area contributed by atoms with Crippen molar-refractivity contribution in [2.75, 3.05) is 14.2 Å². The Morgan fingerprint density at radius 1 is 1.15 bits per heavy atom. The number of methoxy groups -OCH3 is 2. The lowest BCUT2D eigenvalue weighted by Gasteiger charge is -2.15. The summed E-state index contributed by atoms with van der Waals surface area (Å²) in [5, 5.41) is 5.85. The number of benzene rings is 2. The summed E-state index contributed by atoms with van der Waals surface area (Å²) in [6, 6.07) is 13.1. The van der Waals surface area contributed by atoms with Gasteiger partial charge in [-0.05, 0) is 41.7 Å². The van der Waals surface area contributed by atoms with Crippen LogP contribution in [0.3, 0.4) is 0 Å². The maximum Gasteiger partial charge on any atom is 0.341 e. The second kappa shape index (κ2) is 7.91. The molecule has 26 heavy (non-hydrogen) atoms. The predicted octanol–water partition coefficient (Wildman–Crippen LogP) is 2.97. The minimum absolute atomic E-state index is 0.0349. The molecule has 0 radical (unpaired) electrons. The Morgan fingerprint density at radius 2 is 1.96 bits per heavy atom. The first kappa shape index (κ1) is 17.8. The number of carbonyl (C=O) groups excluding carboxylic acids is 2. The van der Waals surface area contributed by atoms with E-state index in [2.05, 4.69) is 22.8 Å². The van der Waals surface area contributed by atoms with Crippen molar-refractivity contribution in [3.8, 4) is 5.75 Å². The second-order valence-corrected chi connectivity index (χ2v) is 6.14. The highest BCUT2D eigenvalue weighted by Gasteiger charge is 2.23. The molecule has 1 aliphatic carbocycles. The summed E-state index contributed by atoms with van der Waals surface area (Å²) >= 11 is 0. The van der Waals surface area contributed by atoms with Gasteiger partial charge in [-0.1, -0.05) is 30.3 Å². The van der Waals surface area contributed by atoms with E-state index in [-0.39, 0.29) is 12.1 Å². The van der Waals surface area contributed by atoms with Gasteiger partial charge in [-0.15, -0.1) is 0 Å². The van der Waals surface area contributed by atoms with Crippen LogP contribution < -0.4 is 15.4 Å². The number of nitrogens with one attached hydrogen (secondary N) is 2. The van der Waals surface area contributed by atoms with Gasteiger partial charge in [-0.3, -0.25) is 0 Å². The van der Waals surface area contributed by atoms with Gasteiger partial charge in [0.1, 0.15) is 11.3 Å². The summed E-state index contributed by atoms with van der Waals surface area (Å²) in [5.41, 5.74) is 3.59. The molecule has 0 saturated heterocycles. The summed E-state index contributed by atoms with van der Waals surface area (Å²) in [4.78, 5) is 24.1. The van der Waals surface area contributed by atoms with E-state index in [1.807, 2.05) is 12.1 Å². The third kappa shape index (κ3) is 3.79. The highest BCUT2D eigenvalue weighted by Crippen LogP contribution is 2.30. The van der Waals surface area contributed by atoms with E-state index >= 15 is 0 Å². The Kier molecular flexibility index (Phi) is 5.41. The van der Waals surface area contributed by atoms with Crippen LogP contribution >= 0.6 is 0 Å². The lowest BCUT2D eigenvalue weighted by molar-refractivity contribution is 0.0597. The molecule has 3 rings (SSSR count). The summed E-state index contributed by atoms with van der Waals surface area (Å²) in [6.45, 7) is 0.300. The van der Waals surface area contributed by atoms with Crippen molar-refractivity contribution in [3.63, 3.8) is 0 Å². The van der Waals surface area contributed by atoms with Crippen LogP contribution in [0.2, 0.25) is 0 Å². The molecule has 6 heteroatoms. The smallest absolute Gasteiger partial charge is 0.341 e. The first-order chi connectivity index (χ1) is 12.6. The van der Waals surface area contributed by atoms with E-state index in [0.717, 1.165) is 18.4 Å². The quantitative estimate of drug-likeness (QED) is 0.810. The van der Waals surface area contributed by atoms with Crippen LogP contribution in [0.25, 0.3) is 0 Å². The van der Waals surface area contributed by atoms with Crippen LogP contribution in [0, 0.1) is 0 Å². The van der Waals surface area contributed by atoms with E-state index in [0.29, 0.717) is 17.9 Å². The minimum atomic E-state index is -0.476. The van der Waals surface area contributed by atoms with Gasteiger partial charge >= 0.3 is 12.0 Å². The normalized spacial score (nSPS) is 15.1. The Hall–Kier alpha value is -3.02. The van der Waals surface area contributed by atoms with Gasteiger partial charge in [0.2, 0.25) is 0 Å². The maximum atomic E-state index is 12.2. The molecule has 0 heterocycles. The van der Waals surface area contributed by atoms with E-state index in [9.17, 15) is 9.59 Å². The lowest BCUT2D eigenvalue weighted by Crippen LogP contribution is -2.36. The zero-order chi connectivity index (χ0) is 18.5. The largest absolute Gasteiger partial charge is 0.496 e. The number of hydrogen-bond donors (Lipinski definition) is 2. The molecule has 1 aliphatic rings. The van der Waals surface area contributed by atoms with Crippen LogP contribution in [0.5, 0.6) is 5.75 Å². The molecule has 1 atom stereocenters. The van der Waals surface area contributed by atoms with Crippen LogP contribution in [0.15, 0.2) is 42.5 Å². The van der Waals surface area contributed by atoms with Gasteiger partial charge in [0.25, 0.3) is 0 Å². The van der Waals surface area contributed by atoms with E-state index in [1.165, 1.54) is 25.3 Å². The van der Waals surface area contributed by atoms with Crippen LogP contribution in [0.4, 0.5) is 4.79 Å². The van der Waals surface area contributed by atoms with Crippen molar-refractivity contribution < 1.29 is 19.1 Å². The number of aryl methyl sites for hydroxylation is 1. The van der Waals surface area contributed by atoms with Crippen molar-refractivity contribution in [2.45, 2.75) is 25.4 Å². The first-order valence-electron chi connectivity index (χ1n) is 8.49.